The maximum atomic E-state index is 11.9. The molecule has 122 valence electrons. The fourth-order valence-corrected chi connectivity index (χ4v) is 2.34. The summed E-state index contributed by atoms with van der Waals surface area (Å²) in [5.74, 6) is 0. The quantitative estimate of drug-likeness (QED) is 0.784. The highest BCUT2D eigenvalue weighted by Gasteiger charge is 2.09. The second-order valence-electron chi connectivity index (χ2n) is 5.56. The van der Waals surface area contributed by atoms with Gasteiger partial charge < -0.3 is 20.3 Å². The van der Waals surface area contributed by atoms with E-state index in [-0.39, 0.29) is 18.6 Å². The Morgan fingerprint density at radius 3 is 2.57 bits per heavy atom. The lowest BCUT2D eigenvalue weighted by molar-refractivity contribution is 0.151. The maximum absolute atomic E-state index is 11.9. The van der Waals surface area contributed by atoms with Crippen LogP contribution in [-0.2, 0) is 6.54 Å². The van der Waals surface area contributed by atoms with E-state index in [1.165, 1.54) is 10.6 Å². The largest absolute Gasteiger partial charge is 0.389 e. The summed E-state index contributed by atoms with van der Waals surface area (Å²) >= 11 is 0. The average molecular weight is 315 g/mol. The number of hydrogen-bond acceptors (Lipinski definition) is 3. The summed E-state index contributed by atoms with van der Waals surface area (Å²) in [5, 5.41) is 15.2. The average Bonchev–Trinajstić information content (AvgIpc) is 2.46. The Balaban J connectivity index is 1.84. The highest BCUT2D eigenvalue weighted by atomic mass is 16.3. The normalized spacial score (nSPS) is 11.8. The van der Waals surface area contributed by atoms with Crippen molar-refractivity contribution in [3.8, 4) is 0 Å². The van der Waals surface area contributed by atoms with Crippen LogP contribution in [0, 0.1) is 13.8 Å². The second kappa shape index (κ2) is 7.60. The molecule has 6 nitrogen and oxygen atoms in total. The molecule has 1 aromatic heterocycles. The summed E-state index contributed by atoms with van der Waals surface area (Å²) in [6, 6.07) is 10.1. The molecule has 1 atom stereocenters. The van der Waals surface area contributed by atoms with Gasteiger partial charge in [-0.3, -0.25) is 4.79 Å². The lowest BCUT2D eigenvalue weighted by atomic mass is 10.1. The lowest BCUT2D eigenvalue weighted by Gasteiger charge is -2.14. The molecular formula is C17H21N3O3. The van der Waals surface area contributed by atoms with Gasteiger partial charge in [0, 0.05) is 24.5 Å². The molecule has 0 saturated heterocycles. The smallest absolute Gasteiger partial charge is 0.319 e. The molecule has 1 heterocycles. The molecule has 1 aromatic carbocycles. The molecule has 0 bridgehead atoms. The summed E-state index contributed by atoms with van der Waals surface area (Å²) in [5.41, 5.74) is 2.63. The number of carbonyl (C=O) groups excluding carboxylic acids is 1. The van der Waals surface area contributed by atoms with E-state index >= 15 is 0 Å². The highest BCUT2D eigenvalue weighted by molar-refractivity contribution is 5.89. The Labute approximate surface area is 134 Å². The fraction of sp³-hybridized carbons (Fsp3) is 0.294. The molecular weight excluding hydrogens is 294 g/mol. The molecule has 2 amide bonds. The van der Waals surface area contributed by atoms with Crippen molar-refractivity contribution in [3.63, 3.8) is 0 Å². The highest BCUT2D eigenvalue weighted by Crippen LogP contribution is 2.13. The maximum Gasteiger partial charge on any atom is 0.319 e. The summed E-state index contributed by atoms with van der Waals surface area (Å²) in [6.45, 7) is 4.09. The van der Waals surface area contributed by atoms with Crippen molar-refractivity contribution in [1.82, 2.24) is 9.88 Å². The van der Waals surface area contributed by atoms with E-state index in [2.05, 4.69) is 10.6 Å². The SMILES string of the molecule is Cc1cc(C)cc(NC(=O)NCC(O)Cn2ccccc2=O)c1. The predicted molar refractivity (Wildman–Crippen MR) is 89.6 cm³/mol. The molecule has 0 radical (unpaired) electrons. The van der Waals surface area contributed by atoms with Gasteiger partial charge in [0.15, 0.2) is 0 Å². The monoisotopic (exact) mass is 315 g/mol. The van der Waals surface area contributed by atoms with Crippen molar-refractivity contribution in [2.24, 2.45) is 0 Å². The number of urea groups is 1. The number of aliphatic hydroxyl groups is 1. The van der Waals surface area contributed by atoms with Crippen molar-refractivity contribution in [2.45, 2.75) is 26.5 Å². The summed E-state index contributed by atoms with van der Waals surface area (Å²) in [4.78, 5) is 23.4. The molecule has 0 fully saturated rings. The van der Waals surface area contributed by atoms with Crippen molar-refractivity contribution >= 4 is 11.7 Å². The number of anilines is 1. The van der Waals surface area contributed by atoms with Crippen LogP contribution in [0.4, 0.5) is 10.5 Å². The van der Waals surface area contributed by atoms with E-state index in [1.807, 2.05) is 32.0 Å². The number of aryl methyl sites for hydroxylation is 2. The van der Waals surface area contributed by atoms with Gasteiger partial charge in [0.1, 0.15) is 0 Å². The van der Waals surface area contributed by atoms with Crippen LogP contribution >= 0.6 is 0 Å². The number of rotatable bonds is 5. The minimum Gasteiger partial charge on any atom is -0.389 e. The Hall–Kier alpha value is -2.60. The number of carbonyl (C=O) groups is 1. The predicted octanol–water partition coefficient (Wildman–Crippen LogP) is 1.65. The van der Waals surface area contributed by atoms with Crippen LogP contribution in [-0.4, -0.2) is 28.4 Å². The topological polar surface area (TPSA) is 83.4 Å². The molecule has 23 heavy (non-hydrogen) atoms. The Morgan fingerprint density at radius 1 is 1.22 bits per heavy atom. The van der Waals surface area contributed by atoms with Gasteiger partial charge in [0.05, 0.1) is 12.6 Å². The van der Waals surface area contributed by atoms with Crippen LogP contribution in [0.3, 0.4) is 0 Å². The number of aromatic nitrogens is 1. The molecule has 2 aromatic rings. The van der Waals surface area contributed by atoms with E-state index in [0.29, 0.717) is 5.69 Å². The molecule has 2 rings (SSSR count). The number of amides is 2. The van der Waals surface area contributed by atoms with Crippen LogP contribution in [0.15, 0.2) is 47.4 Å². The van der Waals surface area contributed by atoms with Crippen molar-refractivity contribution in [3.05, 3.63) is 64.1 Å². The van der Waals surface area contributed by atoms with Gasteiger partial charge in [-0.25, -0.2) is 4.79 Å². The minimum atomic E-state index is -0.847. The zero-order chi connectivity index (χ0) is 16.8. The van der Waals surface area contributed by atoms with Crippen molar-refractivity contribution < 1.29 is 9.90 Å². The number of aliphatic hydroxyl groups excluding tert-OH is 1. The first kappa shape index (κ1) is 16.8. The van der Waals surface area contributed by atoms with E-state index in [4.69, 9.17) is 0 Å². The number of nitrogens with one attached hydrogen (secondary N) is 2. The van der Waals surface area contributed by atoms with E-state index in [9.17, 15) is 14.7 Å². The van der Waals surface area contributed by atoms with Gasteiger partial charge in [0.2, 0.25) is 0 Å². The van der Waals surface area contributed by atoms with Crippen LogP contribution in [0.1, 0.15) is 11.1 Å². The van der Waals surface area contributed by atoms with Gasteiger partial charge in [-0.05, 0) is 43.2 Å². The zero-order valence-electron chi connectivity index (χ0n) is 13.2. The third kappa shape index (κ3) is 5.27. The van der Waals surface area contributed by atoms with Gasteiger partial charge in [-0.2, -0.15) is 0 Å². The minimum absolute atomic E-state index is 0.0535. The molecule has 1 unspecified atom stereocenters. The standard InChI is InChI=1S/C17H21N3O3/c1-12-7-13(2)9-14(8-12)19-17(23)18-10-15(21)11-20-6-4-3-5-16(20)22/h3-9,15,21H,10-11H2,1-2H3,(H2,18,19,23). The molecule has 0 spiro atoms. The zero-order valence-corrected chi connectivity index (χ0v) is 13.2. The Morgan fingerprint density at radius 2 is 1.91 bits per heavy atom. The molecule has 3 N–H and O–H groups in total. The van der Waals surface area contributed by atoms with Crippen LogP contribution in [0.2, 0.25) is 0 Å². The third-order valence-electron chi connectivity index (χ3n) is 3.28. The first-order valence-electron chi connectivity index (χ1n) is 7.41. The number of benzene rings is 1. The summed E-state index contributed by atoms with van der Waals surface area (Å²) < 4.78 is 1.40. The van der Waals surface area contributed by atoms with Gasteiger partial charge >= 0.3 is 6.03 Å². The van der Waals surface area contributed by atoms with Gasteiger partial charge in [-0.15, -0.1) is 0 Å². The first-order valence-corrected chi connectivity index (χ1v) is 7.41. The van der Waals surface area contributed by atoms with Crippen molar-refractivity contribution in [1.29, 1.82) is 0 Å². The van der Waals surface area contributed by atoms with Crippen LogP contribution < -0.4 is 16.2 Å². The molecule has 0 saturated carbocycles. The van der Waals surface area contributed by atoms with Gasteiger partial charge in [0.25, 0.3) is 5.56 Å². The summed E-state index contributed by atoms with van der Waals surface area (Å²) in [7, 11) is 0. The second-order valence-corrected chi connectivity index (χ2v) is 5.56. The fourth-order valence-electron chi connectivity index (χ4n) is 2.34. The Kier molecular flexibility index (Phi) is 5.54. The van der Waals surface area contributed by atoms with Crippen LogP contribution in [0.5, 0.6) is 0 Å². The molecule has 0 aliphatic rings. The van der Waals surface area contributed by atoms with Gasteiger partial charge in [-0.1, -0.05) is 12.1 Å². The number of pyridine rings is 1. The number of nitrogens with zero attached hydrogens (tertiary/aromatic N) is 1. The summed E-state index contributed by atoms with van der Waals surface area (Å²) in [6.07, 6.45) is 0.751. The first-order chi connectivity index (χ1) is 10.9. The van der Waals surface area contributed by atoms with Crippen molar-refractivity contribution in [2.75, 3.05) is 11.9 Å². The van der Waals surface area contributed by atoms with E-state index < -0.39 is 12.1 Å². The van der Waals surface area contributed by atoms with Crippen LogP contribution in [0.25, 0.3) is 0 Å². The molecule has 6 heteroatoms. The number of hydrogen-bond donors (Lipinski definition) is 3. The lowest BCUT2D eigenvalue weighted by Crippen LogP contribution is -2.38. The van der Waals surface area contributed by atoms with E-state index in [1.54, 1.807) is 18.3 Å². The van der Waals surface area contributed by atoms with E-state index in [0.717, 1.165) is 11.1 Å². The third-order valence-corrected chi connectivity index (χ3v) is 3.28. The molecule has 0 aliphatic carbocycles. The molecule has 0 aliphatic heterocycles. The Bertz CT molecular complexity index is 720.